The van der Waals surface area contributed by atoms with E-state index in [0.29, 0.717) is 35.7 Å². The minimum atomic E-state index is 0. The number of carbonyl (C=O) groups excluding carboxylic acids is 1. The molecule has 1 aromatic carbocycles. The summed E-state index contributed by atoms with van der Waals surface area (Å²) >= 11 is 0. The van der Waals surface area contributed by atoms with Gasteiger partial charge >= 0.3 is 0 Å². The highest BCUT2D eigenvalue weighted by molar-refractivity contribution is 5.95. The first-order valence-corrected chi connectivity index (χ1v) is 10.5. The maximum absolute atomic E-state index is 13.1. The number of benzene rings is 1. The number of halogens is 2. The topological polar surface area (TPSA) is 63.7 Å². The number of hydrogen-bond acceptors (Lipinski definition) is 5. The quantitative estimate of drug-likeness (QED) is 0.691. The van der Waals surface area contributed by atoms with E-state index in [1.807, 2.05) is 42.2 Å². The zero-order valence-corrected chi connectivity index (χ0v) is 19.5. The Morgan fingerprint density at radius 2 is 1.94 bits per heavy atom. The van der Waals surface area contributed by atoms with E-state index in [1.165, 1.54) is 6.42 Å². The predicted molar refractivity (Wildman–Crippen MR) is 126 cm³/mol. The predicted octanol–water partition coefficient (Wildman–Crippen LogP) is 4.12. The van der Waals surface area contributed by atoms with Gasteiger partial charge in [-0.1, -0.05) is 6.07 Å². The summed E-state index contributed by atoms with van der Waals surface area (Å²) in [6.07, 6.45) is 6.90. The van der Waals surface area contributed by atoms with Gasteiger partial charge in [-0.2, -0.15) is 0 Å². The van der Waals surface area contributed by atoms with E-state index in [1.54, 1.807) is 12.4 Å². The number of aromatic nitrogens is 1. The molecule has 4 rings (SSSR count). The lowest BCUT2D eigenvalue weighted by Gasteiger charge is -2.39. The average Bonchev–Trinajstić information content (AvgIpc) is 3.22. The summed E-state index contributed by atoms with van der Waals surface area (Å²) in [6, 6.07) is 9.33. The van der Waals surface area contributed by atoms with Gasteiger partial charge in [0.05, 0.1) is 6.61 Å². The molecule has 3 heterocycles. The smallest absolute Gasteiger partial charge is 0.253 e. The molecule has 6 nitrogen and oxygen atoms in total. The molecule has 1 aromatic heterocycles. The number of nitrogens with one attached hydrogen (secondary N) is 1. The summed E-state index contributed by atoms with van der Waals surface area (Å²) in [7, 11) is 0. The molecule has 2 saturated heterocycles. The van der Waals surface area contributed by atoms with Gasteiger partial charge in [-0.15, -0.1) is 24.8 Å². The van der Waals surface area contributed by atoms with Gasteiger partial charge in [0.25, 0.3) is 5.91 Å². The first kappa shape index (κ1) is 25.2. The molecule has 8 heteroatoms. The fourth-order valence-corrected chi connectivity index (χ4v) is 4.26. The number of rotatable bonds is 6. The maximum Gasteiger partial charge on any atom is 0.253 e. The summed E-state index contributed by atoms with van der Waals surface area (Å²) in [5.41, 5.74) is 2.04. The van der Waals surface area contributed by atoms with Crippen molar-refractivity contribution in [3.05, 3.63) is 53.9 Å². The first-order valence-electron chi connectivity index (χ1n) is 10.5. The molecule has 2 aromatic rings. The Morgan fingerprint density at radius 3 is 2.58 bits per heavy atom. The highest BCUT2D eigenvalue weighted by Gasteiger charge is 2.38. The molecule has 0 atom stereocenters. The summed E-state index contributed by atoms with van der Waals surface area (Å²) < 4.78 is 11.7. The third-order valence-corrected chi connectivity index (χ3v) is 6.05. The monoisotopic (exact) mass is 467 g/mol. The Bertz CT molecular complexity index is 835. The third-order valence-electron chi connectivity index (χ3n) is 6.05. The van der Waals surface area contributed by atoms with Crippen molar-refractivity contribution in [3.8, 4) is 11.5 Å². The molecule has 0 saturated carbocycles. The number of ether oxygens (including phenoxy) is 2. The normalized spacial score (nSPS) is 16.9. The van der Waals surface area contributed by atoms with Gasteiger partial charge in [0.15, 0.2) is 11.5 Å². The van der Waals surface area contributed by atoms with Gasteiger partial charge in [-0.05, 0) is 62.4 Å². The van der Waals surface area contributed by atoms with E-state index in [-0.39, 0.29) is 30.7 Å². The van der Waals surface area contributed by atoms with Crippen molar-refractivity contribution >= 4 is 30.7 Å². The van der Waals surface area contributed by atoms with Crippen LogP contribution in [0.5, 0.6) is 11.5 Å². The van der Waals surface area contributed by atoms with E-state index in [9.17, 15) is 4.79 Å². The highest BCUT2D eigenvalue weighted by Crippen LogP contribution is 2.37. The van der Waals surface area contributed by atoms with Crippen LogP contribution in [0, 0.1) is 5.41 Å². The highest BCUT2D eigenvalue weighted by atomic mass is 35.5. The lowest BCUT2D eigenvalue weighted by Crippen LogP contribution is -2.44. The molecule has 2 aliphatic heterocycles. The molecule has 0 aliphatic carbocycles. The number of carbonyl (C=O) groups is 1. The van der Waals surface area contributed by atoms with Crippen molar-refractivity contribution in [3.63, 3.8) is 0 Å². The molecule has 0 bridgehead atoms. The van der Waals surface area contributed by atoms with Gasteiger partial charge < -0.3 is 19.7 Å². The number of hydrogen-bond donors (Lipinski definition) is 1. The molecule has 0 unspecified atom stereocenters. The van der Waals surface area contributed by atoms with Crippen molar-refractivity contribution in [2.45, 2.75) is 32.8 Å². The maximum atomic E-state index is 13.1. The Labute approximate surface area is 196 Å². The first-order chi connectivity index (χ1) is 14.2. The molecule has 0 radical (unpaired) electrons. The summed E-state index contributed by atoms with van der Waals surface area (Å²) in [6.45, 7) is 6.69. The number of likely N-dealkylation sites (tertiary alicyclic amines) is 1. The van der Waals surface area contributed by atoms with Gasteiger partial charge in [0.2, 0.25) is 0 Å². The number of piperidine rings is 1. The molecule has 2 fully saturated rings. The SMILES string of the molecule is CCOc1cc(C(=O)N2CCC3(CCNC3)CC2)ccc1OCc1cccnc1.Cl.Cl. The van der Waals surface area contributed by atoms with E-state index < -0.39 is 0 Å². The second kappa shape index (κ2) is 11.6. The second-order valence-electron chi connectivity index (χ2n) is 7.96. The molecule has 170 valence electrons. The molecule has 31 heavy (non-hydrogen) atoms. The van der Waals surface area contributed by atoms with Gasteiger partial charge in [0.1, 0.15) is 6.61 Å². The summed E-state index contributed by atoms with van der Waals surface area (Å²) in [4.78, 5) is 19.1. The van der Waals surface area contributed by atoms with Crippen LogP contribution in [-0.4, -0.2) is 48.6 Å². The van der Waals surface area contributed by atoms with E-state index in [4.69, 9.17) is 9.47 Å². The van der Waals surface area contributed by atoms with Crippen LogP contribution in [0.4, 0.5) is 0 Å². The van der Waals surface area contributed by atoms with E-state index in [0.717, 1.165) is 44.6 Å². The minimum absolute atomic E-state index is 0. The standard InChI is InChI=1S/C23H29N3O3.2ClH/c1-2-28-21-14-19(5-6-20(21)29-16-18-4-3-10-24-15-18)22(27)26-12-8-23(9-13-26)7-11-25-17-23;;/h3-6,10,14-15,25H,2,7-9,11-13,16-17H2,1H3;2*1H. The van der Waals surface area contributed by atoms with E-state index in [2.05, 4.69) is 10.3 Å². The Kier molecular flexibility index (Phi) is 9.41. The second-order valence-corrected chi connectivity index (χ2v) is 7.96. The zero-order valence-electron chi connectivity index (χ0n) is 17.8. The van der Waals surface area contributed by atoms with Crippen molar-refractivity contribution in [2.24, 2.45) is 5.41 Å². The minimum Gasteiger partial charge on any atom is -0.490 e. The lowest BCUT2D eigenvalue weighted by atomic mass is 9.78. The zero-order chi connectivity index (χ0) is 20.1. The third kappa shape index (κ3) is 6.03. The van der Waals surface area contributed by atoms with Gasteiger partial charge in [0, 0.05) is 43.2 Å². The average molecular weight is 468 g/mol. The van der Waals surface area contributed by atoms with Crippen LogP contribution >= 0.6 is 24.8 Å². The van der Waals surface area contributed by atoms with Crippen LogP contribution in [-0.2, 0) is 6.61 Å². The summed E-state index contributed by atoms with van der Waals surface area (Å²) in [5, 5.41) is 3.47. The Hall–Kier alpha value is -2.02. The molecular weight excluding hydrogens is 437 g/mol. The van der Waals surface area contributed by atoms with Crippen molar-refractivity contribution in [1.29, 1.82) is 0 Å². The molecule has 2 aliphatic rings. The molecule has 1 spiro atoms. The Balaban J connectivity index is 0.00000171. The largest absolute Gasteiger partial charge is 0.490 e. The number of nitrogens with zero attached hydrogens (tertiary/aromatic N) is 2. The van der Waals surface area contributed by atoms with Crippen LogP contribution in [0.1, 0.15) is 42.1 Å². The Morgan fingerprint density at radius 1 is 1.13 bits per heavy atom. The van der Waals surface area contributed by atoms with Crippen LogP contribution in [0.2, 0.25) is 0 Å². The van der Waals surface area contributed by atoms with Crippen LogP contribution in [0.3, 0.4) is 0 Å². The van der Waals surface area contributed by atoms with Gasteiger partial charge in [-0.3, -0.25) is 9.78 Å². The van der Waals surface area contributed by atoms with Crippen molar-refractivity contribution < 1.29 is 14.3 Å². The van der Waals surface area contributed by atoms with Crippen LogP contribution < -0.4 is 14.8 Å². The van der Waals surface area contributed by atoms with E-state index >= 15 is 0 Å². The van der Waals surface area contributed by atoms with Crippen molar-refractivity contribution in [2.75, 3.05) is 32.8 Å². The fraction of sp³-hybridized carbons (Fsp3) is 0.478. The van der Waals surface area contributed by atoms with Crippen molar-refractivity contribution in [1.82, 2.24) is 15.2 Å². The lowest BCUT2D eigenvalue weighted by molar-refractivity contribution is 0.0607. The molecule has 1 amide bonds. The molecular formula is C23H31Cl2N3O3. The summed E-state index contributed by atoms with van der Waals surface area (Å²) in [5.74, 6) is 1.32. The fourth-order valence-electron chi connectivity index (χ4n) is 4.26. The number of pyridine rings is 1. The van der Waals surface area contributed by atoms with Gasteiger partial charge in [-0.25, -0.2) is 0 Å². The number of amides is 1. The van der Waals surface area contributed by atoms with Crippen LogP contribution in [0.25, 0.3) is 0 Å². The molecule has 1 N–H and O–H groups in total. The van der Waals surface area contributed by atoms with Crippen LogP contribution in [0.15, 0.2) is 42.7 Å².